The summed E-state index contributed by atoms with van der Waals surface area (Å²) in [6, 6.07) is 4.65. The van der Waals surface area contributed by atoms with Crippen molar-refractivity contribution in [2.24, 2.45) is 0 Å². The third-order valence-corrected chi connectivity index (χ3v) is 4.66. The Bertz CT molecular complexity index is 975. The number of aromatic nitrogens is 4. The highest BCUT2D eigenvalue weighted by Gasteiger charge is 2.23. The largest absolute Gasteiger partial charge is 0.377 e. The van der Waals surface area contributed by atoms with E-state index in [1.165, 1.54) is 18.3 Å². The molecule has 0 unspecified atom stereocenters. The van der Waals surface area contributed by atoms with Crippen LogP contribution in [0.25, 0.3) is 16.8 Å². The van der Waals surface area contributed by atoms with Crippen LogP contribution in [0.15, 0.2) is 30.6 Å². The topological polar surface area (TPSA) is 62.1 Å². The van der Waals surface area contributed by atoms with E-state index in [9.17, 15) is 8.78 Å². The standard InChI is InChI=1S/C16H12F2N4.C4H8O2/c1-9-20-21-15-3-2-10-4-11(6-14(18)16(10)22(9)15)12-5-13(17)8-19-7-12;1-2-6-4-3-5-1/h4-8H,2-3H2,1H3;1-4H2. The molecule has 8 heteroatoms. The van der Waals surface area contributed by atoms with Crippen molar-refractivity contribution in [3.05, 3.63) is 59.4 Å². The predicted molar refractivity (Wildman–Crippen MR) is 98.3 cm³/mol. The lowest BCUT2D eigenvalue weighted by Crippen LogP contribution is -2.16. The molecular formula is C20H20F2N4O2. The summed E-state index contributed by atoms with van der Waals surface area (Å²) in [7, 11) is 0. The van der Waals surface area contributed by atoms with E-state index in [1.54, 1.807) is 11.5 Å². The molecular weight excluding hydrogens is 366 g/mol. The first kappa shape index (κ1) is 18.6. The maximum Gasteiger partial charge on any atom is 0.148 e. The summed E-state index contributed by atoms with van der Waals surface area (Å²) in [5.74, 6) is 0.632. The third-order valence-electron chi connectivity index (χ3n) is 4.66. The normalized spacial score (nSPS) is 15.2. The predicted octanol–water partition coefficient (Wildman–Crippen LogP) is 3.05. The molecule has 2 aromatic heterocycles. The van der Waals surface area contributed by atoms with Gasteiger partial charge in [0.1, 0.15) is 23.3 Å². The maximum absolute atomic E-state index is 14.7. The monoisotopic (exact) mass is 386 g/mol. The summed E-state index contributed by atoms with van der Waals surface area (Å²) in [6.07, 6.45) is 4.05. The number of ether oxygens (including phenoxy) is 2. The second kappa shape index (κ2) is 8.12. The van der Waals surface area contributed by atoms with E-state index < -0.39 is 5.82 Å². The van der Waals surface area contributed by atoms with Crippen molar-refractivity contribution >= 4 is 0 Å². The average molecular weight is 386 g/mol. The van der Waals surface area contributed by atoms with Crippen LogP contribution in [-0.2, 0) is 22.3 Å². The Morgan fingerprint density at radius 2 is 1.64 bits per heavy atom. The molecule has 1 saturated heterocycles. The summed E-state index contributed by atoms with van der Waals surface area (Å²) in [6.45, 7) is 4.91. The van der Waals surface area contributed by atoms with E-state index in [0.717, 1.165) is 44.0 Å². The summed E-state index contributed by atoms with van der Waals surface area (Å²) in [5, 5.41) is 8.09. The van der Waals surface area contributed by atoms with E-state index in [2.05, 4.69) is 15.2 Å². The molecule has 2 aliphatic heterocycles. The number of fused-ring (bicyclic) bond motifs is 3. The molecule has 0 saturated carbocycles. The second-order valence-electron chi connectivity index (χ2n) is 6.58. The number of hydrogen-bond donors (Lipinski definition) is 0. The van der Waals surface area contributed by atoms with Crippen molar-refractivity contribution < 1.29 is 18.3 Å². The Kier molecular flexibility index (Phi) is 5.40. The Morgan fingerprint density at radius 3 is 2.32 bits per heavy atom. The van der Waals surface area contributed by atoms with Crippen molar-refractivity contribution in [2.45, 2.75) is 19.8 Å². The number of rotatable bonds is 1. The van der Waals surface area contributed by atoms with Crippen LogP contribution in [0.5, 0.6) is 0 Å². The SMILES string of the molecule is C1COCCO1.Cc1nnc2n1-c1c(F)cc(-c3cncc(F)c3)cc1CC2. The van der Waals surface area contributed by atoms with Crippen LogP contribution in [0.1, 0.15) is 17.2 Å². The van der Waals surface area contributed by atoms with Gasteiger partial charge in [0.15, 0.2) is 0 Å². The molecule has 1 fully saturated rings. The molecule has 0 amide bonds. The number of pyridine rings is 1. The van der Waals surface area contributed by atoms with Gasteiger partial charge in [0.2, 0.25) is 0 Å². The van der Waals surface area contributed by atoms with Gasteiger partial charge in [0.05, 0.1) is 38.3 Å². The van der Waals surface area contributed by atoms with Gasteiger partial charge in [-0.25, -0.2) is 8.78 Å². The van der Waals surface area contributed by atoms with Crippen molar-refractivity contribution in [3.8, 4) is 16.8 Å². The number of halogens is 2. The minimum absolute atomic E-state index is 0.361. The zero-order chi connectivity index (χ0) is 19.5. The van der Waals surface area contributed by atoms with Gasteiger partial charge in [0, 0.05) is 18.2 Å². The number of nitrogens with zero attached hydrogens (tertiary/aromatic N) is 4. The molecule has 3 aromatic rings. The van der Waals surface area contributed by atoms with Crippen molar-refractivity contribution in [1.82, 2.24) is 19.7 Å². The minimum Gasteiger partial charge on any atom is -0.377 e. The fourth-order valence-corrected chi connectivity index (χ4v) is 3.38. The van der Waals surface area contributed by atoms with Crippen molar-refractivity contribution in [2.75, 3.05) is 26.4 Å². The lowest BCUT2D eigenvalue weighted by atomic mass is 9.97. The van der Waals surface area contributed by atoms with Gasteiger partial charge < -0.3 is 9.47 Å². The summed E-state index contributed by atoms with van der Waals surface area (Å²) >= 11 is 0. The Balaban J connectivity index is 0.000000275. The average Bonchev–Trinajstić information content (AvgIpc) is 3.10. The fraction of sp³-hybridized carbons (Fsp3) is 0.350. The Morgan fingerprint density at radius 1 is 0.893 bits per heavy atom. The highest BCUT2D eigenvalue weighted by molar-refractivity contribution is 5.67. The van der Waals surface area contributed by atoms with Crippen LogP contribution in [0.4, 0.5) is 8.78 Å². The quantitative estimate of drug-likeness (QED) is 0.643. The first-order valence-corrected chi connectivity index (χ1v) is 9.13. The zero-order valence-corrected chi connectivity index (χ0v) is 15.5. The second-order valence-corrected chi connectivity index (χ2v) is 6.58. The van der Waals surface area contributed by atoms with Gasteiger partial charge in [0.25, 0.3) is 0 Å². The Hall–Kier alpha value is -2.71. The highest BCUT2D eigenvalue weighted by Crippen LogP contribution is 2.32. The lowest BCUT2D eigenvalue weighted by molar-refractivity contribution is -0.0334. The van der Waals surface area contributed by atoms with Crippen LogP contribution < -0.4 is 0 Å². The molecule has 28 heavy (non-hydrogen) atoms. The van der Waals surface area contributed by atoms with E-state index in [-0.39, 0.29) is 5.82 Å². The van der Waals surface area contributed by atoms with E-state index in [1.807, 2.05) is 6.07 Å². The highest BCUT2D eigenvalue weighted by atomic mass is 19.1. The van der Waals surface area contributed by atoms with Crippen LogP contribution in [0, 0.1) is 18.6 Å². The van der Waals surface area contributed by atoms with E-state index in [0.29, 0.717) is 35.5 Å². The first-order chi connectivity index (χ1) is 13.6. The number of benzene rings is 1. The smallest absolute Gasteiger partial charge is 0.148 e. The van der Waals surface area contributed by atoms with Gasteiger partial charge in [-0.15, -0.1) is 10.2 Å². The van der Waals surface area contributed by atoms with Gasteiger partial charge in [-0.2, -0.15) is 0 Å². The van der Waals surface area contributed by atoms with E-state index >= 15 is 0 Å². The molecule has 0 aliphatic carbocycles. The van der Waals surface area contributed by atoms with Crippen LogP contribution in [0.2, 0.25) is 0 Å². The number of hydrogen-bond acceptors (Lipinski definition) is 5. The summed E-state index contributed by atoms with van der Waals surface area (Å²) < 4.78 is 39.6. The summed E-state index contributed by atoms with van der Waals surface area (Å²) in [4.78, 5) is 3.82. The van der Waals surface area contributed by atoms with Gasteiger partial charge in [-0.05, 0) is 42.7 Å². The molecule has 0 bridgehead atoms. The molecule has 0 atom stereocenters. The number of aryl methyl sites for hydroxylation is 3. The van der Waals surface area contributed by atoms with Crippen LogP contribution in [-0.4, -0.2) is 46.2 Å². The van der Waals surface area contributed by atoms with Crippen LogP contribution in [0.3, 0.4) is 0 Å². The molecule has 4 heterocycles. The molecule has 146 valence electrons. The van der Waals surface area contributed by atoms with Gasteiger partial charge >= 0.3 is 0 Å². The van der Waals surface area contributed by atoms with Gasteiger partial charge in [-0.1, -0.05) is 0 Å². The molecule has 0 spiro atoms. The minimum atomic E-state index is -0.437. The maximum atomic E-state index is 14.7. The van der Waals surface area contributed by atoms with Gasteiger partial charge in [-0.3, -0.25) is 9.55 Å². The molecule has 2 aliphatic rings. The molecule has 0 radical (unpaired) electrons. The molecule has 0 N–H and O–H groups in total. The fourth-order valence-electron chi connectivity index (χ4n) is 3.38. The van der Waals surface area contributed by atoms with Crippen molar-refractivity contribution in [3.63, 3.8) is 0 Å². The summed E-state index contributed by atoms with van der Waals surface area (Å²) in [5.41, 5.74) is 2.55. The van der Waals surface area contributed by atoms with Crippen molar-refractivity contribution in [1.29, 1.82) is 0 Å². The molecule has 5 rings (SSSR count). The zero-order valence-electron chi connectivity index (χ0n) is 15.5. The van der Waals surface area contributed by atoms with Crippen LogP contribution >= 0.6 is 0 Å². The lowest BCUT2D eigenvalue weighted by Gasteiger charge is -2.20. The molecule has 1 aromatic carbocycles. The Labute approximate surface area is 161 Å². The molecule has 6 nitrogen and oxygen atoms in total. The van der Waals surface area contributed by atoms with E-state index in [4.69, 9.17) is 9.47 Å². The first-order valence-electron chi connectivity index (χ1n) is 9.13. The third kappa shape index (κ3) is 3.79.